The molecule has 1 unspecified atom stereocenters. The molecule has 2 N–H and O–H groups in total. The fourth-order valence-electron chi connectivity index (χ4n) is 3.31. The van der Waals surface area contributed by atoms with E-state index in [1.165, 1.54) is 30.6 Å². The molecule has 0 spiro atoms. The summed E-state index contributed by atoms with van der Waals surface area (Å²) in [7, 11) is 1.83. The van der Waals surface area contributed by atoms with Crippen LogP contribution in [0.1, 0.15) is 43.9 Å². The molecule has 0 bridgehead atoms. The van der Waals surface area contributed by atoms with Crippen molar-refractivity contribution in [3.8, 4) is 0 Å². The molecule has 0 aliphatic heterocycles. The van der Waals surface area contributed by atoms with Gasteiger partial charge in [-0.15, -0.1) is 35.3 Å². The van der Waals surface area contributed by atoms with Crippen LogP contribution >= 0.6 is 35.3 Å². The van der Waals surface area contributed by atoms with E-state index < -0.39 is 0 Å². The first-order valence-corrected chi connectivity index (χ1v) is 9.80. The quantitative estimate of drug-likeness (QED) is 0.329. The molecule has 0 saturated heterocycles. The first-order valence-electron chi connectivity index (χ1n) is 8.92. The monoisotopic (exact) mass is 465 g/mol. The summed E-state index contributed by atoms with van der Waals surface area (Å²) in [5, 5.41) is 8.94. The molecule has 1 saturated carbocycles. The van der Waals surface area contributed by atoms with Crippen molar-refractivity contribution in [3.05, 3.63) is 22.4 Å². The summed E-state index contributed by atoms with van der Waals surface area (Å²) in [6, 6.07) is 4.28. The maximum Gasteiger partial charge on any atom is 0.190 e. The Balaban J connectivity index is 0.00000288. The average Bonchev–Trinajstić information content (AvgIpc) is 3.26. The molecule has 6 heteroatoms. The van der Waals surface area contributed by atoms with Crippen LogP contribution in [-0.2, 0) is 11.2 Å². The third kappa shape index (κ3) is 7.70. The van der Waals surface area contributed by atoms with Crippen LogP contribution < -0.4 is 10.6 Å². The lowest BCUT2D eigenvalue weighted by Crippen LogP contribution is -2.40. The van der Waals surface area contributed by atoms with E-state index in [0.717, 1.165) is 44.4 Å². The van der Waals surface area contributed by atoms with E-state index in [-0.39, 0.29) is 24.0 Å². The van der Waals surface area contributed by atoms with Gasteiger partial charge in [0.05, 0.1) is 6.10 Å². The Morgan fingerprint density at radius 2 is 2.08 bits per heavy atom. The second-order valence-corrected chi connectivity index (χ2v) is 7.11. The highest BCUT2D eigenvalue weighted by Gasteiger charge is 2.24. The predicted octanol–water partition coefficient (Wildman–Crippen LogP) is 4.06. The number of rotatable bonds is 9. The zero-order chi connectivity index (χ0) is 16.3. The minimum atomic E-state index is 0. The van der Waals surface area contributed by atoms with Crippen molar-refractivity contribution in [1.82, 2.24) is 10.6 Å². The lowest BCUT2D eigenvalue weighted by atomic mass is 9.98. The van der Waals surface area contributed by atoms with Gasteiger partial charge in [0.15, 0.2) is 5.96 Å². The first kappa shape index (κ1) is 21.7. The van der Waals surface area contributed by atoms with Crippen molar-refractivity contribution in [3.63, 3.8) is 0 Å². The SMILES string of the molecule is CCOC(CCNC(=NC)NCCc1cccs1)C1CCCC1.I. The standard InChI is InChI=1S/C18H31N3OS.HI/c1-3-22-17(15-7-4-5-8-15)11-13-21-18(19-2)20-12-10-16-9-6-14-23-16;/h6,9,14-15,17H,3-5,7-8,10-13H2,1-2H3,(H2,19,20,21);1H. The number of ether oxygens (including phenoxy) is 1. The number of thiophene rings is 1. The molecule has 0 aromatic carbocycles. The number of aliphatic imine (C=N–C) groups is 1. The third-order valence-electron chi connectivity index (χ3n) is 4.50. The van der Waals surface area contributed by atoms with Crippen molar-refractivity contribution in [2.75, 3.05) is 26.7 Å². The minimum Gasteiger partial charge on any atom is -0.378 e. The van der Waals surface area contributed by atoms with E-state index in [1.54, 1.807) is 11.3 Å². The van der Waals surface area contributed by atoms with Gasteiger partial charge in [-0.05, 0) is 50.0 Å². The molecule has 1 aromatic rings. The van der Waals surface area contributed by atoms with Gasteiger partial charge in [-0.25, -0.2) is 0 Å². The normalized spacial score (nSPS) is 16.7. The number of nitrogens with zero attached hydrogens (tertiary/aromatic N) is 1. The summed E-state index contributed by atoms with van der Waals surface area (Å²) >= 11 is 1.81. The number of halogens is 1. The molecular weight excluding hydrogens is 433 g/mol. The molecule has 1 atom stereocenters. The van der Waals surface area contributed by atoms with Crippen molar-refractivity contribution in [1.29, 1.82) is 0 Å². The topological polar surface area (TPSA) is 45.6 Å². The number of guanidine groups is 1. The maximum absolute atomic E-state index is 5.97. The molecule has 138 valence electrons. The zero-order valence-corrected chi connectivity index (χ0v) is 18.1. The molecule has 24 heavy (non-hydrogen) atoms. The molecule has 2 rings (SSSR count). The van der Waals surface area contributed by atoms with Gasteiger partial charge in [0, 0.05) is 31.6 Å². The number of nitrogens with one attached hydrogen (secondary N) is 2. The molecule has 0 radical (unpaired) electrons. The van der Waals surface area contributed by atoms with Gasteiger partial charge in [0.2, 0.25) is 0 Å². The summed E-state index contributed by atoms with van der Waals surface area (Å²) in [6.45, 7) is 4.74. The molecule has 1 heterocycles. The second kappa shape index (κ2) is 12.9. The highest BCUT2D eigenvalue weighted by atomic mass is 127. The minimum absolute atomic E-state index is 0. The van der Waals surface area contributed by atoms with Crippen molar-refractivity contribution in [2.24, 2.45) is 10.9 Å². The van der Waals surface area contributed by atoms with Gasteiger partial charge in [-0.1, -0.05) is 18.9 Å². The van der Waals surface area contributed by atoms with E-state index >= 15 is 0 Å². The fraction of sp³-hybridized carbons (Fsp3) is 0.722. The maximum atomic E-state index is 5.97. The molecule has 1 aliphatic rings. The van der Waals surface area contributed by atoms with E-state index in [0.29, 0.717) is 6.10 Å². The van der Waals surface area contributed by atoms with Gasteiger partial charge >= 0.3 is 0 Å². The van der Waals surface area contributed by atoms with Crippen LogP contribution in [0.15, 0.2) is 22.5 Å². The Labute approximate surface area is 167 Å². The number of hydrogen-bond acceptors (Lipinski definition) is 3. The Bertz CT molecular complexity index is 447. The van der Waals surface area contributed by atoms with Crippen molar-refractivity contribution < 1.29 is 4.74 Å². The molecule has 0 amide bonds. The van der Waals surface area contributed by atoms with Crippen molar-refractivity contribution in [2.45, 2.75) is 51.6 Å². The van der Waals surface area contributed by atoms with Gasteiger partial charge in [-0.3, -0.25) is 4.99 Å². The van der Waals surface area contributed by atoms with Gasteiger partial charge in [-0.2, -0.15) is 0 Å². The van der Waals surface area contributed by atoms with Crippen LogP contribution in [0.2, 0.25) is 0 Å². The van der Waals surface area contributed by atoms with E-state index in [9.17, 15) is 0 Å². The lowest BCUT2D eigenvalue weighted by Gasteiger charge is -2.24. The van der Waals surface area contributed by atoms with Gasteiger partial charge < -0.3 is 15.4 Å². The van der Waals surface area contributed by atoms with Crippen LogP contribution in [0.25, 0.3) is 0 Å². The van der Waals surface area contributed by atoms with Crippen LogP contribution in [0.3, 0.4) is 0 Å². The zero-order valence-electron chi connectivity index (χ0n) is 14.9. The molecule has 1 aliphatic carbocycles. The fourth-order valence-corrected chi connectivity index (χ4v) is 4.02. The van der Waals surface area contributed by atoms with Crippen LogP contribution in [-0.4, -0.2) is 38.8 Å². The Morgan fingerprint density at radius 1 is 1.33 bits per heavy atom. The Morgan fingerprint density at radius 3 is 2.71 bits per heavy atom. The summed E-state index contributed by atoms with van der Waals surface area (Å²) in [5.41, 5.74) is 0. The van der Waals surface area contributed by atoms with Gasteiger partial charge in [0.25, 0.3) is 0 Å². The summed E-state index contributed by atoms with van der Waals surface area (Å²) < 4.78 is 5.97. The second-order valence-electron chi connectivity index (χ2n) is 6.08. The number of hydrogen-bond donors (Lipinski definition) is 2. The average molecular weight is 465 g/mol. The van der Waals surface area contributed by atoms with E-state index in [4.69, 9.17) is 4.74 Å². The molecule has 1 aromatic heterocycles. The van der Waals surface area contributed by atoms with Gasteiger partial charge in [0.1, 0.15) is 0 Å². The molecule has 4 nitrogen and oxygen atoms in total. The summed E-state index contributed by atoms with van der Waals surface area (Å²) in [4.78, 5) is 5.71. The largest absolute Gasteiger partial charge is 0.378 e. The Kier molecular flexibility index (Phi) is 11.7. The highest BCUT2D eigenvalue weighted by Crippen LogP contribution is 2.30. The van der Waals surface area contributed by atoms with Crippen LogP contribution in [0.4, 0.5) is 0 Å². The Hall–Kier alpha value is -0.340. The molecule has 1 fully saturated rings. The first-order chi connectivity index (χ1) is 11.3. The predicted molar refractivity (Wildman–Crippen MR) is 115 cm³/mol. The van der Waals surface area contributed by atoms with Crippen LogP contribution in [0, 0.1) is 5.92 Å². The molecular formula is C18H32IN3OS. The summed E-state index contributed by atoms with van der Waals surface area (Å²) in [5.74, 6) is 1.65. The van der Waals surface area contributed by atoms with Crippen LogP contribution in [0.5, 0.6) is 0 Å². The lowest BCUT2D eigenvalue weighted by molar-refractivity contribution is 0.0169. The van der Waals surface area contributed by atoms with E-state index in [2.05, 4.69) is 40.1 Å². The summed E-state index contributed by atoms with van der Waals surface area (Å²) in [6.07, 6.45) is 7.91. The van der Waals surface area contributed by atoms with Crippen molar-refractivity contribution >= 4 is 41.3 Å². The third-order valence-corrected chi connectivity index (χ3v) is 5.43. The van der Waals surface area contributed by atoms with E-state index in [1.807, 2.05) is 7.05 Å². The smallest absolute Gasteiger partial charge is 0.190 e. The highest BCUT2D eigenvalue weighted by molar-refractivity contribution is 14.0.